The predicted molar refractivity (Wildman–Crippen MR) is 96.0 cm³/mol. The summed E-state index contributed by atoms with van der Waals surface area (Å²) in [7, 11) is -1.53. The van der Waals surface area contributed by atoms with Crippen LogP contribution in [-0.2, 0) is 8.85 Å². The lowest BCUT2D eigenvalue weighted by Crippen LogP contribution is -2.21. The lowest BCUT2D eigenvalue weighted by Gasteiger charge is -2.12. The molecule has 0 aromatic carbocycles. The van der Waals surface area contributed by atoms with E-state index in [1.54, 1.807) is 0 Å². The van der Waals surface area contributed by atoms with Crippen molar-refractivity contribution in [3.05, 3.63) is 11.8 Å². The standard InChI is InChI=1S/C18H38O2Si/c1-4-7-8-9-10-11-12-13-14-15-18-21(19-16-5-2)20-17-6-3/h15,18,21H,4-14,16-17H2,1-3H3. The van der Waals surface area contributed by atoms with Gasteiger partial charge in [0, 0.05) is 13.2 Å². The molecule has 0 unspecified atom stereocenters. The Morgan fingerprint density at radius 1 is 0.667 bits per heavy atom. The van der Waals surface area contributed by atoms with E-state index in [4.69, 9.17) is 8.85 Å². The first-order chi connectivity index (χ1) is 10.3. The largest absolute Gasteiger partial charge is 0.394 e. The summed E-state index contributed by atoms with van der Waals surface area (Å²) in [6.07, 6.45) is 16.7. The smallest absolute Gasteiger partial charge is 0.348 e. The van der Waals surface area contributed by atoms with Crippen molar-refractivity contribution in [2.24, 2.45) is 0 Å². The van der Waals surface area contributed by atoms with Crippen molar-refractivity contribution in [2.45, 2.75) is 91.4 Å². The fraction of sp³-hybridized carbons (Fsp3) is 0.889. The van der Waals surface area contributed by atoms with Gasteiger partial charge in [0.05, 0.1) is 0 Å². The lowest BCUT2D eigenvalue weighted by molar-refractivity contribution is 0.206. The Bertz CT molecular complexity index is 211. The third-order valence-corrected chi connectivity index (χ3v) is 5.20. The first-order valence-corrected chi connectivity index (χ1v) is 10.9. The predicted octanol–water partition coefficient (Wildman–Crippen LogP) is 5.69. The molecular formula is C18H38O2Si. The van der Waals surface area contributed by atoms with Gasteiger partial charge in [-0.05, 0) is 31.4 Å². The van der Waals surface area contributed by atoms with Crippen molar-refractivity contribution >= 4 is 9.28 Å². The van der Waals surface area contributed by atoms with Gasteiger partial charge in [-0.1, -0.05) is 71.8 Å². The second-order valence-electron chi connectivity index (χ2n) is 5.80. The van der Waals surface area contributed by atoms with E-state index in [2.05, 4.69) is 32.5 Å². The summed E-state index contributed by atoms with van der Waals surface area (Å²) in [5.41, 5.74) is 2.23. The average Bonchev–Trinajstić information content (AvgIpc) is 2.51. The minimum atomic E-state index is -1.53. The molecule has 0 amide bonds. The van der Waals surface area contributed by atoms with Crippen LogP contribution in [0.3, 0.4) is 0 Å². The maximum Gasteiger partial charge on any atom is 0.348 e. The van der Waals surface area contributed by atoms with Crippen LogP contribution in [0.5, 0.6) is 0 Å². The van der Waals surface area contributed by atoms with Crippen LogP contribution >= 0.6 is 0 Å². The third-order valence-electron chi connectivity index (χ3n) is 3.49. The summed E-state index contributed by atoms with van der Waals surface area (Å²) in [4.78, 5) is 0. The Kier molecular flexibility index (Phi) is 17.8. The Hall–Kier alpha value is -0.123. The monoisotopic (exact) mass is 314 g/mol. The Balaban J connectivity index is 3.51. The Labute approximate surface area is 135 Å². The minimum absolute atomic E-state index is 0.836. The zero-order valence-corrected chi connectivity index (χ0v) is 15.9. The average molecular weight is 315 g/mol. The quantitative estimate of drug-likeness (QED) is 0.269. The van der Waals surface area contributed by atoms with Gasteiger partial charge in [0.2, 0.25) is 0 Å². The molecule has 2 nitrogen and oxygen atoms in total. The molecule has 0 fully saturated rings. The van der Waals surface area contributed by atoms with Gasteiger partial charge in [0.25, 0.3) is 0 Å². The number of rotatable bonds is 16. The highest BCUT2D eigenvalue weighted by atomic mass is 28.3. The maximum atomic E-state index is 5.81. The first-order valence-electron chi connectivity index (χ1n) is 9.24. The second kappa shape index (κ2) is 17.9. The van der Waals surface area contributed by atoms with Crippen molar-refractivity contribution in [3.8, 4) is 0 Å². The van der Waals surface area contributed by atoms with Crippen molar-refractivity contribution in [2.75, 3.05) is 13.2 Å². The van der Waals surface area contributed by atoms with Gasteiger partial charge in [0.15, 0.2) is 0 Å². The molecule has 0 rings (SSSR count). The summed E-state index contributed by atoms with van der Waals surface area (Å²) < 4.78 is 11.6. The van der Waals surface area contributed by atoms with Crippen LogP contribution in [0.4, 0.5) is 0 Å². The molecule has 126 valence electrons. The van der Waals surface area contributed by atoms with E-state index < -0.39 is 9.28 Å². The van der Waals surface area contributed by atoms with Gasteiger partial charge in [-0.25, -0.2) is 0 Å². The molecule has 21 heavy (non-hydrogen) atoms. The topological polar surface area (TPSA) is 18.5 Å². The zero-order valence-electron chi connectivity index (χ0n) is 14.7. The molecule has 0 N–H and O–H groups in total. The Morgan fingerprint density at radius 2 is 1.19 bits per heavy atom. The number of hydrogen-bond donors (Lipinski definition) is 0. The molecule has 0 atom stereocenters. The number of unbranched alkanes of at least 4 members (excludes halogenated alkanes) is 8. The molecule has 0 aliphatic carbocycles. The highest BCUT2D eigenvalue weighted by molar-refractivity contribution is 6.50. The molecule has 0 saturated carbocycles. The molecule has 0 saturated heterocycles. The van der Waals surface area contributed by atoms with Gasteiger partial charge in [-0.2, -0.15) is 0 Å². The molecule has 0 aliphatic heterocycles. The van der Waals surface area contributed by atoms with Crippen molar-refractivity contribution in [3.63, 3.8) is 0 Å². The summed E-state index contributed by atoms with van der Waals surface area (Å²) in [5.74, 6) is 0. The summed E-state index contributed by atoms with van der Waals surface area (Å²) in [6, 6.07) is 0. The molecule has 0 spiro atoms. The molecule has 0 aromatic heterocycles. The summed E-state index contributed by atoms with van der Waals surface area (Å²) >= 11 is 0. The van der Waals surface area contributed by atoms with Gasteiger partial charge < -0.3 is 8.85 Å². The van der Waals surface area contributed by atoms with E-state index in [0.29, 0.717) is 0 Å². The van der Waals surface area contributed by atoms with Gasteiger partial charge >= 0.3 is 9.28 Å². The van der Waals surface area contributed by atoms with Gasteiger partial charge in [0.1, 0.15) is 0 Å². The molecule has 0 aliphatic rings. The fourth-order valence-electron chi connectivity index (χ4n) is 2.23. The van der Waals surface area contributed by atoms with Gasteiger partial charge in [-0.15, -0.1) is 0 Å². The van der Waals surface area contributed by atoms with E-state index in [9.17, 15) is 0 Å². The SMILES string of the molecule is CCCCCCCCCCC=C[SiH](OCCC)OCCC. The molecule has 0 bridgehead atoms. The highest BCUT2D eigenvalue weighted by Gasteiger charge is 2.07. The van der Waals surface area contributed by atoms with E-state index in [-0.39, 0.29) is 0 Å². The second-order valence-corrected chi connectivity index (χ2v) is 7.59. The van der Waals surface area contributed by atoms with E-state index in [0.717, 1.165) is 26.1 Å². The maximum absolute atomic E-state index is 5.81. The van der Waals surface area contributed by atoms with Crippen LogP contribution in [-0.4, -0.2) is 22.5 Å². The summed E-state index contributed by atoms with van der Waals surface area (Å²) in [5, 5.41) is 0. The first kappa shape index (κ1) is 20.9. The van der Waals surface area contributed by atoms with Crippen molar-refractivity contribution in [1.82, 2.24) is 0 Å². The van der Waals surface area contributed by atoms with Crippen LogP contribution in [0, 0.1) is 0 Å². The molecule has 3 heteroatoms. The summed E-state index contributed by atoms with van der Waals surface area (Å²) in [6.45, 7) is 8.24. The van der Waals surface area contributed by atoms with E-state index in [1.165, 1.54) is 57.8 Å². The lowest BCUT2D eigenvalue weighted by atomic mass is 10.1. The van der Waals surface area contributed by atoms with E-state index >= 15 is 0 Å². The molecular weight excluding hydrogens is 276 g/mol. The van der Waals surface area contributed by atoms with E-state index in [1.807, 2.05) is 0 Å². The number of hydrogen-bond acceptors (Lipinski definition) is 2. The van der Waals surface area contributed by atoms with Crippen LogP contribution < -0.4 is 0 Å². The van der Waals surface area contributed by atoms with Crippen LogP contribution in [0.15, 0.2) is 11.8 Å². The van der Waals surface area contributed by atoms with Crippen molar-refractivity contribution in [1.29, 1.82) is 0 Å². The molecule has 0 aromatic rings. The zero-order chi connectivity index (χ0) is 15.6. The molecule has 0 radical (unpaired) electrons. The van der Waals surface area contributed by atoms with Crippen LogP contribution in [0.2, 0.25) is 0 Å². The normalized spacial score (nSPS) is 11.8. The fourth-order valence-corrected chi connectivity index (χ4v) is 3.90. The Morgan fingerprint density at radius 3 is 1.71 bits per heavy atom. The minimum Gasteiger partial charge on any atom is -0.394 e. The van der Waals surface area contributed by atoms with Crippen LogP contribution in [0.25, 0.3) is 0 Å². The van der Waals surface area contributed by atoms with Crippen LogP contribution in [0.1, 0.15) is 91.4 Å². The third kappa shape index (κ3) is 16.1. The highest BCUT2D eigenvalue weighted by Crippen LogP contribution is 2.10. The van der Waals surface area contributed by atoms with Gasteiger partial charge in [-0.3, -0.25) is 0 Å². The number of allylic oxidation sites excluding steroid dienone is 1. The van der Waals surface area contributed by atoms with Crippen molar-refractivity contribution < 1.29 is 8.85 Å². The molecule has 0 heterocycles.